The van der Waals surface area contributed by atoms with Gasteiger partial charge in [0, 0.05) is 17.3 Å². The number of rotatable bonds is 8. The Balaban J connectivity index is 2.06. The van der Waals surface area contributed by atoms with Gasteiger partial charge in [-0.3, -0.25) is 9.59 Å². The molecule has 0 unspecified atom stereocenters. The first kappa shape index (κ1) is 20.1. The lowest BCUT2D eigenvalue weighted by Crippen LogP contribution is -2.08. The van der Waals surface area contributed by atoms with Crippen molar-refractivity contribution in [1.82, 2.24) is 0 Å². The molecule has 142 valence electrons. The first-order valence-corrected chi connectivity index (χ1v) is 8.20. The van der Waals surface area contributed by atoms with Crippen molar-refractivity contribution >= 4 is 23.5 Å². The van der Waals surface area contributed by atoms with Crippen LogP contribution in [0, 0.1) is 0 Å². The molecule has 0 bridgehead atoms. The first-order chi connectivity index (χ1) is 12.9. The Bertz CT molecular complexity index is 832. The summed E-state index contributed by atoms with van der Waals surface area (Å²) in [5.41, 5.74) is 1.69. The number of carbonyl (C=O) groups excluding carboxylic acids is 2. The summed E-state index contributed by atoms with van der Waals surface area (Å²) in [5, 5.41) is 2.66. The Labute approximate surface area is 155 Å². The lowest BCUT2D eigenvalue weighted by Gasteiger charge is -2.11. The maximum atomic E-state index is 12.4. The van der Waals surface area contributed by atoms with Gasteiger partial charge in [0.15, 0.2) is 17.3 Å². The highest BCUT2D eigenvalue weighted by molar-refractivity contribution is 6.02. The molecule has 2 aromatic rings. The number of ether oxygens (including phenoxy) is 2. The molecule has 2 aromatic carbocycles. The zero-order valence-electron chi connectivity index (χ0n) is 14.9. The SMILES string of the molecule is CCOc1cc(/C=C/C(=O)Nc2ccc(C(C)=O)cc2)ccc1OC(F)F. The van der Waals surface area contributed by atoms with Crippen molar-refractivity contribution in [3.05, 3.63) is 59.7 Å². The molecular formula is C20H19F2NO4. The van der Waals surface area contributed by atoms with Gasteiger partial charge in [0.05, 0.1) is 6.61 Å². The highest BCUT2D eigenvalue weighted by Gasteiger charge is 2.11. The molecule has 0 atom stereocenters. The van der Waals surface area contributed by atoms with Crippen molar-refractivity contribution in [1.29, 1.82) is 0 Å². The average Bonchev–Trinajstić information content (AvgIpc) is 2.62. The fraction of sp³-hybridized carbons (Fsp3) is 0.200. The molecule has 5 nitrogen and oxygen atoms in total. The summed E-state index contributed by atoms with van der Waals surface area (Å²) in [6.45, 7) is 0.513. The number of anilines is 1. The second-order valence-corrected chi connectivity index (χ2v) is 5.47. The van der Waals surface area contributed by atoms with Crippen LogP contribution >= 0.6 is 0 Å². The van der Waals surface area contributed by atoms with Crippen LogP contribution in [-0.4, -0.2) is 24.9 Å². The Morgan fingerprint density at radius 2 is 1.81 bits per heavy atom. The Morgan fingerprint density at radius 1 is 1.11 bits per heavy atom. The molecule has 0 aliphatic heterocycles. The van der Waals surface area contributed by atoms with E-state index >= 15 is 0 Å². The number of halogens is 2. The average molecular weight is 375 g/mol. The van der Waals surface area contributed by atoms with Crippen molar-refractivity contribution in [2.75, 3.05) is 11.9 Å². The Hall–Kier alpha value is -3.22. The molecular weight excluding hydrogens is 356 g/mol. The van der Waals surface area contributed by atoms with Gasteiger partial charge in [0.1, 0.15) is 0 Å². The number of Topliss-reactive ketones (excluding diaryl/α,β-unsaturated/α-hetero) is 1. The van der Waals surface area contributed by atoms with E-state index in [1.807, 2.05) is 0 Å². The second-order valence-electron chi connectivity index (χ2n) is 5.47. The summed E-state index contributed by atoms with van der Waals surface area (Å²) in [4.78, 5) is 23.2. The molecule has 0 aromatic heterocycles. The molecule has 1 N–H and O–H groups in total. The second kappa shape index (κ2) is 9.47. The van der Waals surface area contributed by atoms with Gasteiger partial charge in [-0.2, -0.15) is 8.78 Å². The largest absolute Gasteiger partial charge is 0.490 e. The minimum absolute atomic E-state index is 0.0582. The number of amides is 1. The van der Waals surface area contributed by atoms with Crippen LogP contribution in [-0.2, 0) is 4.79 Å². The molecule has 0 fully saturated rings. The van der Waals surface area contributed by atoms with E-state index < -0.39 is 6.61 Å². The number of benzene rings is 2. The van der Waals surface area contributed by atoms with Crippen LogP contribution in [0.25, 0.3) is 6.08 Å². The van der Waals surface area contributed by atoms with Crippen molar-refractivity contribution in [2.45, 2.75) is 20.5 Å². The van der Waals surface area contributed by atoms with Crippen LogP contribution in [0.3, 0.4) is 0 Å². The number of ketones is 1. The fourth-order valence-electron chi connectivity index (χ4n) is 2.23. The third-order valence-electron chi connectivity index (χ3n) is 3.47. The normalized spacial score (nSPS) is 10.9. The maximum Gasteiger partial charge on any atom is 0.387 e. The first-order valence-electron chi connectivity index (χ1n) is 8.20. The molecule has 0 saturated heterocycles. The fourth-order valence-corrected chi connectivity index (χ4v) is 2.23. The molecule has 0 radical (unpaired) electrons. The molecule has 0 aliphatic carbocycles. The van der Waals surface area contributed by atoms with E-state index in [4.69, 9.17) is 4.74 Å². The minimum atomic E-state index is -2.95. The predicted octanol–water partition coefficient (Wildman–Crippen LogP) is 4.54. The number of hydrogen-bond acceptors (Lipinski definition) is 4. The monoisotopic (exact) mass is 375 g/mol. The van der Waals surface area contributed by atoms with E-state index in [0.29, 0.717) is 16.8 Å². The molecule has 0 spiro atoms. The summed E-state index contributed by atoms with van der Waals surface area (Å²) in [7, 11) is 0. The molecule has 0 heterocycles. The van der Waals surface area contributed by atoms with Crippen molar-refractivity contribution in [3.63, 3.8) is 0 Å². The summed E-state index contributed by atoms with van der Waals surface area (Å²) in [6, 6.07) is 10.9. The Morgan fingerprint density at radius 3 is 2.41 bits per heavy atom. The van der Waals surface area contributed by atoms with Gasteiger partial charge < -0.3 is 14.8 Å². The van der Waals surface area contributed by atoms with Crippen LogP contribution in [0.2, 0.25) is 0 Å². The van der Waals surface area contributed by atoms with Crippen LogP contribution in [0.5, 0.6) is 11.5 Å². The Kier molecular flexibility index (Phi) is 7.05. The van der Waals surface area contributed by atoms with E-state index in [1.54, 1.807) is 31.2 Å². The van der Waals surface area contributed by atoms with Crippen LogP contribution < -0.4 is 14.8 Å². The van der Waals surface area contributed by atoms with Gasteiger partial charge in [-0.25, -0.2) is 0 Å². The summed E-state index contributed by atoms with van der Waals surface area (Å²) >= 11 is 0. The van der Waals surface area contributed by atoms with Crippen molar-refractivity contribution in [2.24, 2.45) is 0 Å². The van der Waals surface area contributed by atoms with Gasteiger partial charge in [-0.1, -0.05) is 6.07 Å². The standard InChI is InChI=1S/C20H19F2NO4/c1-3-26-18-12-14(4-10-17(18)27-20(21)22)5-11-19(25)23-16-8-6-15(7-9-16)13(2)24/h4-12,20H,3H2,1-2H3,(H,23,25)/b11-5+. The summed E-state index contributed by atoms with van der Waals surface area (Å²) < 4.78 is 34.5. The molecule has 27 heavy (non-hydrogen) atoms. The number of carbonyl (C=O) groups is 2. The van der Waals surface area contributed by atoms with Crippen molar-refractivity contribution in [3.8, 4) is 11.5 Å². The summed E-state index contributed by atoms with van der Waals surface area (Å²) in [6.07, 6.45) is 2.82. The molecule has 2 rings (SSSR count). The zero-order valence-corrected chi connectivity index (χ0v) is 14.9. The lowest BCUT2D eigenvalue weighted by molar-refractivity contribution is -0.111. The van der Waals surface area contributed by atoms with E-state index in [0.717, 1.165) is 0 Å². The quantitative estimate of drug-likeness (QED) is 0.543. The van der Waals surface area contributed by atoms with Gasteiger partial charge in [0.25, 0.3) is 0 Å². The van der Waals surface area contributed by atoms with Gasteiger partial charge in [-0.05, 0) is 61.9 Å². The van der Waals surface area contributed by atoms with Crippen LogP contribution in [0.15, 0.2) is 48.5 Å². The molecule has 0 saturated carbocycles. The number of hydrogen-bond donors (Lipinski definition) is 1. The van der Waals surface area contributed by atoms with E-state index in [-0.39, 0.29) is 29.8 Å². The molecule has 1 amide bonds. The topological polar surface area (TPSA) is 64.6 Å². The third-order valence-corrected chi connectivity index (χ3v) is 3.47. The zero-order chi connectivity index (χ0) is 19.8. The molecule has 7 heteroatoms. The van der Waals surface area contributed by atoms with Crippen LogP contribution in [0.4, 0.5) is 14.5 Å². The van der Waals surface area contributed by atoms with Gasteiger partial charge in [-0.15, -0.1) is 0 Å². The smallest absolute Gasteiger partial charge is 0.387 e. The minimum Gasteiger partial charge on any atom is -0.490 e. The van der Waals surface area contributed by atoms with E-state index in [9.17, 15) is 18.4 Å². The summed E-state index contributed by atoms with van der Waals surface area (Å²) in [5.74, 6) is -0.340. The maximum absolute atomic E-state index is 12.4. The molecule has 0 aliphatic rings. The van der Waals surface area contributed by atoms with Gasteiger partial charge in [0.2, 0.25) is 5.91 Å². The van der Waals surface area contributed by atoms with Crippen molar-refractivity contribution < 1.29 is 27.8 Å². The highest BCUT2D eigenvalue weighted by atomic mass is 19.3. The van der Waals surface area contributed by atoms with E-state index in [2.05, 4.69) is 10.1 Å². The predicted molar refractivity (Wildman–Crippen MR) is 98.4 cm³/mol. The highest BCUT2D eigenvalue weighted by Crippen LogP contribution is 2.30. The van der Waals surface area contributed by atoms with Gasteiger partial charge >= 0.3 is 6.61 Å². The number of nitrogens with one attached hydrogen (secondary N) is 1. The lowest BCUT2D eigenvalue weighted by atomic mass is 10.1. The number of alkyl halides is 2. The van der Waals surface area contributed by atoms with Crippen LogP contribution in [0.1, 0.15) is 29.8 Å². The van der Waals surface area contributed by atoms with E-state index in [1.165, 1.54) is 37.3 Å². The third kappa shape index (κ3) is 6.22.